The molecule has 2 aliphatic heterocycles. The topological polar surface area (TPSA) is 73.9 Å². The van der Waals surface area contributed by atoms with E-state index >= 15 is 0 Å². The molecule has 1 fully saturated rings. The van der Waals surface area contributed by atoms with Gasteiger partial charge < -0.3 is 4.74 Å². The Bertz CT molecular complexity index is 899. The highest BCUT2D eigenvalue weighted by Crippen LogP contribution is 2.40. The lowest BCUT2D eigenvalue weighted by Crippen LogP contribution is -2.51. The average Bonchev–Trinajstić information content (AvgIpc) is 3.13. The number of para-hydroxylation sites is 1. The van der Waals surface area contributed by atoms with Crippen molar-refractivity contribution in [1.29, 1.82) is 0 Å². The zero-order valence-corrected chi connectivity index (χ0v) is 16.0. The van der Waals surface area contributed by atoms with Crippen LogP contribution in [0.2, 0.25) is 5.02 Å². The molecule has 0 saturated carbocycles. The van der Waals surface area contributed by atoms with E-state index in [2.05, 4.69) is 15.8 Å². The molecule has 0 spiro atoms. The maximum Gasteiger partial charge on any atom is 0.341 e. The van der Waals surface area contributed by atoms with E-state index < -0.39 is 6.03 Å². The number of nitrogens with one attached hydrogen (secondary N) is 2. The van der Waals surface area contributed by atoms with E-state index in [9.17, 15) is 9.59 Å². The number of anilines is 1. The molecule has 0 unspecified atom stereocenters. The van der Waals surface area contributed by atoms with Gasteiger partial charge in [0.05, 0.1) is 18.8 Å². The number of hydrogen-bond acceptors (Lipinski definition) is 4. The summed E-state index contributed by atoms with van der Waals surface area (Å²) in [5, 5.41) is 0.490. The molecule has 0 radical (unpaired) electrons. The quantitative estimate of drug-likeness (QED) is 0.759. The Morgan fingerprint density at radius 2 is 1.82 bits per heavy atom. The molecule has 0 aromatic heterocycles. The molecule has 1 saturated heterocycles. The molecule has 4 rings (SSSR count). The van der Waals surface area contributed by atoms with Crippen LogP contribution < -0.4 is 20.5 Å². The third-order valence-corrected chi connectivity index (χ3v) is 5.09. The molecular formula is C20H21ClN4O3. The number of hydrogen-bond donors (Lipinski definition) is 2. The van der Waals surface area contributed by atoms with Crippen molar-refractivity contribution in [3.05, 3.63) is 53.1 Å². The van der Waals surface area contributed by atoms with Crippen molar-refractivity contribution in [3.8, 4) is 11.5 Å². The van der Waals surface area contributed by atoms with Gasteiger partial charge in [0, 0.05) is 10.6 Å². The smallest absolute Gasteiger partial charge is 0.341 e. The van der Waals surface area contributed by atoms with Gasteiger partial charge in [0.25, 0.3) is 5.91 Å². The van der Waals surface area contributed by atoms with E-state index in [0.717, 1.165) is 31.5 Å². The number of carbonyl (C=O) groups excluding carboxylic acids is 2. The van der Waals surface area contributed by atoms with E-state index in [0.29, 0.717) is 22.2 Å². The van der Waals surface area contributed by atoms with Gasteiger partial charge in [-0.25, -0.2) is 10.2 Å². The summed E-state index contributed by atoms with van der Waals surface area (Å²) in [5.74, 6) is 0.959. The third-order valence-electron chi connectivity index (χ3n) is 4.85. The fraction of sp³-hybridized carbons (Fsp3) is 0.300. The summed E-state index contributed by atoms with van der Waals surface area (Å²) >= 11 is 6.14. The molecule has 8 heteroatoms. The lowest BCUT2D eigenvalue weighted by molar-refractivity contribution is -0.122. The fourth-order valence-electron chi connectivity index (χ4n) is 3.45. The standard InChI is InChI=1S/C20H21ClN4O3/c21-15-7-8-18-16(11-15)25(12-14-5-1-2-6-17(14)28-18)20(27)23-22-19(26)13-24-9-3-4-10-24/h1-2,5-8,11H,3-4,9-10,12-13H2,(H,22,26)(H,23,27). The van der Waals surface area contributed by atoms with Crippen molar-refractivity contribution in [1.82, 2.24) is 15.8 Å². The molecule has 146 valence electrons. The molecule has 0 atom stereocenters. The van der Waals surface area contributed by atoms with E-state index in [1.165, 1.54) is 4.90 Å². The van der Waals surface area contributed by atoms with Gasteiger partial charge >= 0.3 is 6.03 Å². The van der Waals surface area contributed by atoms with Gasteiger partial charge in [0.1, 0.15) is 5.75 Å². The van der Waals surface area contributed by atoms with Crippen LogP contribution in [-0.4, -0.2) is 36.5 Å². The van der Waals surface area contributed by atoms with Crippen LogP contribution >= 0.6 is 11.6 Å². The monoisotopic (exact) mass is 400 g/mol. The predicted molar refractivity (Wildman–Crippen MR) is 106 cm³/mol. The SMILES string of the molecule is O=C(CN1CCCC1)NNC(=O)N1Cc2ccccc2Oc2ccc(Cl)cc21. The first-order chi connectivity index (χ1) is 13.6. The third kappa shape index (κ3) is 4.05. The first-order valence-electron chi connectivity index (χ1n) is 9.24. The minimum atomic E-state index is -0.460. The van der Waals surface area contributed by atoms with E-state index in [1.807, 2.05) is 24.3 Å². The Labute approximate surface area is 168 Å². The molecule has 2 aromatic rings. The second-order valence-corrected chi connectivity index (χ2v) is 7.31. The van der Waals surface area contributed by atoms with Gasteiger partial charge in [-0.05, 0) is 50.2 Å². The fourth-order valence-corrected chi connectivity index (χ4v) is 3.62. The number of carbonyl (C=O) groups is 2. The van der Waals surface area contributed by atoms with Crippen LogP contribution in [0, 0.1) is 0 Å². The minimum Gasteiger partial charge on any atom is -0.455 e. The highest BCUT2D eigenvalue weighted by Gasteiger charge is 2.26. The van der Waals surface area contributed by atoms with Gasteiger partial charge in [0.2, 0.25) is 0 Å². The number of hydrazine groups is 1. The highest BCUT2D eigenvalue weighted by atomic mass is 35.5. The highest BCUT2D eigenvalue weighted by molar-refractivity contribution is 6.31. The van der Waals surface area contributed by atoms with Gasteiger partial charge in [0.15, 0.2) is 5.75 Å². The van der Waals surface area contributed by atoms with E-state index in [1.54, 1.807) is 18.2 Å². The Balaban J connectivity index is 1.51. The van der Waals surface area contributed by atoms with Gasteiger partial charge in [-0.1, -0.05) is 29.8 Å². The van der Waals surface area contributed by atoms with Crippen LogP contribution in [0.15, 0.2) is 42.5 Å². The minimum absolute atomic E-state index is 0.243. The predicted octanol–water partition coefficient (Wildman–Crippen LogP) is 3.29. The second kappa shape index (κ2) is 8.08. The average molecular weight is 401 g/mol. The Hall–Kier alpha value is -2.77. The van der Waals surface area contributed by atoms with Crippen LogP contribution in [0.1, 0.15) is 18.4 Å². The molecule has 7 nitrogen and oxygen atoms in total. The summed E-state index contributed by atoms with van der Waals surface area (Å²) in [7, 11) is 0. The van der Waals surface area contributed by atoms with Crippen LogP contribution in [0.5, 0.6) is 11.5 Å². The van der Waals surface area contributed by atoms with E-state index in [-0.39, 0.29) is 19.0 Å². The molecular weight excluding hydrogens is 380 g/mol. The van der Waals surface area contributed by atoms with Crippen molar-refractivity contribution in [3.63, 3.8) is 0 Å². The number of nitrogens with zero attached hydrogens (tertiary/aromatic N) is 2. The number of urea groups is 1. The number of rotatable bonds is 2. The zero-order valence-electron chi connectivity index (χ0n) is 15.3. The lowest BCUT2D eigenvalue weighted by atomic mass is 10.2. The first kappa shape index (κ1) is 18.6. The van der Waals surface area contributed by atoms with Gasteiger partial charge in [-0.15, -0.1) is 0 Å². The largest absolute Gasteiger partial charge is 0.455 e. The summed E-state index contributed by atoms with van der Waals surface area (Å²) < 4.78 is 5.98. The van der Waals surface area contributed by atoms with Crippen LogP contribution in [0.3, 0.4) is 0 Å². The van der Waals surface area contributed by atoms with Crippen molar-refractivity contribution in [2.75, 3.05) is 24.5 Å². The summed E-state index contributed by atoms with van der Waals surface area (Å²) in [5.41, 5.74) is 6.40. The maximum absolute atomic E-state index is 12.9. The van der Waals surface area contributed by atoms with Gasteiger partial charge in [-0.2, -0.15) is 0 Å². The first-order valence-corrected chi connectivity index (χ1v) is 9.62. The maximum atomic E-state index is 12.9. The van der Waals surface area contributed by atoms with Gasteiger partial charge in [-0.3, -0.25) is 20.0 Å². The van der Waals surface area contributed by atoms with Crippen LogP contribution in [-0.2, 0) is 11.3 Å². The number of halogens is 1. The number of amides is 3. The second-order valence-electron chi connectivity index (χ2n) is 6.87. The Morgan fingerprint density at radius 1 is 1.04 bits per heavy atom. The van der Waals surface area contributed by atoms with Crippen LogP contribution in [0.4, 0.5) is 10.5 Å². The normalized spacial score (nSPS) is 15.8. The number of fused-ring (bicyclic) bond motifs is 2. The summed E-state index contributed by atoms with van der Waals surface area (Å²) in [6.45, 7) is 2.38. The molecule has 0 aliphatic carbocycles. The summed E-state index contributed by atoms with van der Waals surface area (Å²) in [6.07, 6.45) is 2.20. The molecule has 2 aliphatic rings. The molecule has 3 amide bonds. The van der Waals surface area contributed by atoms with E-state index in [4.69, 9.17) is 16.3 Å². The summed E-state index contributed by atoms with van der Waals surface area (Å²) in [6, 6.07) is 12.2. The molecule has 28 heavy (non-hydrogen) atoms. The van der Waals surface area contributed by atoms with Crippen LogP contribution in [0.25, 0.3) is 0 Å². The molecule has 2 aromatic carbocycles. The number of likely N-dealkylation sites (tertiary alicyclic amines) is 1. The number of ether oxygens (including phenoxy) is 1. The zero-order chi connectivity index (χ0) is 19.5. The van der Waals surface area contributed by atoms with Crippen molar-refractivity contribution < 1.29 is 14.3 Å². The molecule has 0 bridgehead atoms. The molecule has 2 heterocycles. The number of benzene rings is 2. The van der Waals surface area contributed by atoms with Crippen molar-refractivity contribution in [2.45, 2.75) is 19.4 Å². The molecule has 2 N–H and O–H groups in total. The Morgan fingerprint density at radius 3 is 2.64 bits per heavy atom. The van der Waals surface area contributed by atoms with Crippen molar-refractivity contribution >= 4 is 29.2 Å². The Kier molecular flexibility index (Phi) is 5.36. The summed E-state index contributed by atoms with van der Waals surface area (Å²) in [4.78, 5) is 28.5. The lowest BCUT2D eigenvalue weighted by Gasteiger charge is -2.23. The van der Waals surface area contributed by atoms with Crippen molar-refractivity contribution in [2.24, 2.45) is 0 Å².